The average Bonchev–Trinajstić information content (AvgIpc) is 2.92. The summed E-state index contributed by atoms with van der Waals surface area (Å²) in [6.45, 7) is 0. The molecular weight excluding hydrogens is 338 g/mol. The zero-order valence-electron chi connectivity index (χ0n) is 13.6. The van der Waals surface area contributed by atoms with Crippen molar-refractivity contribution in [3.8, 4) is 11.4 Å². The van der Waals surface area contributed by atoms with E-state index in [9.17, 15) is 14.9 Å². The summed E-state index contributed by atoms with van der Waals surface area (Å²) in [7, 11) is 0. The van der Waals surface area contributed by atoms with Crippen LogP contribution in [0.5, 0.6) is 0 Å². The zero-order valence-corrected chi connectivity index (χ0v) is 14.4. The third-order valence-electron chi connectivity index (χ3n) is 4.66. The minimum absolute atomic E-state index is 0.0151. The van der Waals surface area contributed by atoms with E-state index in [-0.39, 0.29) is 11.2 Å². The van der Waals surface area contributed by atoms with Crippen LogP contribution < -0.4 is 5.56 Å². The van der Waals surface area contributed by atoms with Gasteiger partial charge >= 0.3 is 0 Å². The summed E-state index contributed by atoms with van der Waals surface area (Å²) in [6, 6.07) is 6.19. The number of thiophene rings is 1. The van der Waals surface area contributed by atoms with Crippen LogP contribution in [0.2, 0.25) is 0 Å². The Morgan fingerprint density at radius 3 is 2.76 bits per heavy atom. The quantitative estimate of drug-likeness (QED) is 0.550. The molecule has 6 nitrogen and oxygen atoms in total. The summed E-state index contributed by atoms with van der Waals surface area (Å²) in [5.41, 5.74) is 1.54. The van der Waals surface area contributed by atoms with Gasteiger partial charge in [0, 0.05) is 22.6 Å². The second-order valence-electron chi connectivity index (χ2n) is 6.32. The van der Waals surface area contributed by atoms with Crippen molar-refractivity contribution in [2.24, 2.45) is 0 Å². The van der Waals surface area contributed by atoms with Gasteiger partial charge in [0.25, 0.3) is 11.2 Å². The van der Waals surface area contributed by atoms with Gasteiger partial charge < -0.3 is 4.98 Å². The van der Waals surface area contributed by atoms with Gasteiger partial charge in [-0.3, -0.25) is 14.9 Å². The fourth-order valence-corrected chi connectivity index (χ4v) is 4.68. The van der Waals surface area contributed by atoms with Gasteiger partial charge in [-0.15, -0.1) is 11.3 Å². The number of nitrogens with zero attached hydrogens (tertiary/aromatic N) is 2. The Morgan fingerprint density at radius 1 is 1.16 bits per heavy atom. The number of nitrogens with one attached hydrogen (secondary N) is 1. The highest BCUT2D eigenvalue weighted by Crippen LogP contribution is 2.33. The largest absolute Gasteiger partial charge is 0.306 e. The topological polar surface area (TPSA) is 88.9 Å². The molecule has 0 aliphatic heterocycles. The van der Waals surface area contributed by atoms with Crippen molar-refractivity contribution in [3.05, 3.63) is 55.2 Å². The number of benzene rings is 1. The lowest BCUT2D eigenvalue weighted by Crippen LogP contribution is -2.10. The van der Waals surface area contributed by atoms with Crippen molar-refractivity contribution in [1.82, 2.24) is 9.97 Å². The molecule has 1 aromatic carbocycles. The summed E-state index contributed by atoms with van der Waals surface area (Å²) in [4.78, 5) is 32.7. The molecule has 4 rings (SSSR count). The van der Waals surface area contributed by atoms with Gasteiger partial charge in [-0.1, -0.05) is 25.0 Å². The SMILES string of the molecule is O=c1[nH]c(-c2cccc([N+](=O)[O-])c2)nc2sc3c(c12)CCCCCC3. The summed E-state index contributed by atoms with van der Waals surface area (Å²) >= 11 is 1.59. The van der Waals surface area contributed by atoms with E-state index >= 15 is 0 Å². The lowest BCUT2D eigenvalue weighted by Gasteiger charge is -2.08. The monoisotopic (exact) mass is 355 g/mol. The second-order valence-corrected chi connectivity index (χ2v) is 7.40. The van der Waals surface area contributed by atoms with Gasteiger partial charge in [-0.05, 0) is 31.2 Å². The first-order valence-electron chi connectivity index (χ1n) is 8.43. The number of non-ortho nitro benzene ring substituents is 1. The Bertz CT molecular complexity index is 1020. The fraction of sp³-hybridized carbons (Fsp3) is 0.333. The molecule has 3 aromatic rings. The Morgan fingerprint density at radius 2 is 1.96 bits per heavy atom. The first-order chi connectivity index (χ1) is 12.1. The van der Waals surface area contributed by atoms with Crippen LogP contribution in [0.4, 0.5) is 5.69 Å². The van der Waals surface area contributed by atoms with Crippen LogP contribution in [0.25, 0.3) is 21.6 Å². The number of nitro benzene ring substituents is 1. The molecule has 1 aliphatic carbocycles. The molecule has 0 radical (unpaired) electrons. The van der Waals surface area contributed by atoms with E-state index in [1.807, 2.05) is 0 Å². The molecule has 0 fully saturated rings. The van der Waals surface area contributed by atoms with Gasteiger partial charge in [0.2, 0.25) is 0 Å². The van der Waals surface area contributed by atoms with Crippen LogP contribution in [0.3, 0.4) is 0 Å². The van der Waals surface area contributed by atoms with Crippen molar-refractivity contribution >= 4 is 27.2 Å². The smallest absolute Gasteiger partial charge is 0.270 e. The number of aromatic amines is 1. The fourth-order valence-electron chi connectivity index (χ4n) is 3.42. The normalized spacial score (nSPS) is 14.7. The number of H-pyrrole nitrogens is 1. The summed E-state index contributed by atoms with van der Waals surface area (Å²) < 4.78 is 0. The first-order valence-corrected chi connectivity index (χ1v) is 9.24. The molecule has 0 saturated heterocycles. The number of rotatable bonds is 2. The van der Waals surface area contributed by atoms with Crippen LogP contribution in [0.1, 0.15) is 36.1 Å². The van der Waals surface area contributed by atoms with E-state index in [1.54, 1.807) is 23.5 Å². The lowest BCUT2D eigenvalue weighted by atomic mass is 9.98. The summed E-state index contributed by atoms with van der Waals surface area (Å²) in [5.74, 6) is 0.385. The van der Waals surface area contributed by atoms with Gasteiger partial charge in [-0.25, -0.2) is 4.98 Å². The summed E-state index contributed by atoms with van der Waals surface area (Å²) in [5, 5.41) is 11.7. The van der Waals surface area contributed by atoms with Crippen molar-refractivity contribution in [1.29, 1.82) is 0 Å². The molecule has 128 valence electrons. The minimum atomic E-state index is -0.447. The molecule has 2 heterocycles. The van der Waals surface area contributed by atoms with Crippen LogP contribution in [0, 0.1) is 10.1 Å². The van der Waals surface area contributed by atoms with E-state index in [2.05, 4.69) is 9.97 Å². The Hall–Kier alpha value is -2.54. The standard InChI is InChI=1S/C18H17N3O3S/c22-17-15-13-8-3-1-2-4-9-14(13)25-18(15)20-16(19-17)11-6-5-7-12(10-11)21(23)24/h5-7,10H,1-4,8-9H2,(H,19,20,22). The van der Waals surface area contributed by atoms with Gasteiger partial charge in [0.1, 0.15) is 10.7 Å². The molecular formula is C18H17N3O3S. The number of nitro groups is 1. The third-order valence-corrected chi connectivity index (χ3v) is 5.84. The Kier molecular flexibility index (Phi) is 4.09. The molecule has 0 bridgehead atoms. The van der Waals surface area contributed by atoms with Crippen LogP contribution >= 0.6 is 11.3 Å². The summed E-state index contributed by atoms with van der Waals surface area (Å²) in [6.07, 6.45) is 6.61. The molecule has 0 unspecified atom stereocenters. The van der Waals surface area contributed by atoms with E-state index in [4.69, 9.17) is 0 Å². The van der Waals surface area contributed by atoms with Crippen molar-refractivity contribution in [2.75, 3.05) is 0 Å². The van der Waals surface area contributed by atoms with Gasteiger partial charge in [0.05, 0.1) is 10.3 Å². The molecule has 7 heteroatoms. The molecule has 0 saturated carbocycles. The highest BCUT2D eigenvalue weighted by Gasteiger charge is 2.19. The van der Waals surface area contributed by atoms with Crippen molar-refractivity contribution in [3.63, 3.8) is 0 Å². The van der Waals surface area contributed by atoms with E-state index in [1.165, 1.54) is 29.9 Å². The van der Waals surface area contributed by atoms with Crippen LogP contribution in [-0.4, -0.2) is 14.9 Å². The van der Waals surface area contributed by atoms with Crippen LogP contribution in [-0.2, 0) is 12.8 Å². The Balaban J connectivity index is 1.86. The van der Waals surface area contributed by atoms with E-state index < -0.39 is 4.92 Å². The van der Waals surface area contributed by atoms with Crippen LogP contribution in [0.15, 0.2) is 29.1 Å². The molecule has 0 atom stereocenters. The van der Waals surface area contributed by atoms with Gasteiger partial charge in [0.15, 0.2) is 0 Å². The zero-order chi connectivity index (χ0) is 17.4. The van der Waals surface area contributed by atoms with Crippen molar-refractivity contribution < 1.29 is 4.92 Å². The molecule has 25 heavy (non-hydrogen) atoms. The predicted octanol–water partition coefficient (Wildman–Crippen LogP) is 4.22. The molecule has 0 amide bonds. The molecule has 2 aromatic heterocycles. The predicted molar refractivity (Wildman–Crippen MR) is 98.2 cm³/mol. The first kappa shape index (κ1) is 16.0. The highest BCUT2D eigenvalue weighted by atomic mass is 32.1. The maximum atomic E-state index is 12.7. The van der Waals surface area contributed by atoms with E-state index in [0.717, 1.165) is 36.1 Å². The Labute approximate surface area is 147 Å². The number of hydrogen-bond donors (Lipinski definition) is 1. The average molecular weight is 355 g/mol. The molecule has 0 spiro atoms. The number of aromatic nitrogens is 2. The van der Waals surface area contributed by atoms with E-state index in [0.29, 0.717) is 16.8 Å². The number of hydrogen-bond acceptors (Lipinski definition) is 5. The maximum absolute atomic E-state index is 12.7. The van der Waals surface area contributed by atoms with Crippen molar-refractivity contribution in [2.45, 2.75) is 38.5 Å². The lowest BCUT2D eigenvalue weighted by molar-refractivity contribution is -0.384. The number of fused-ring (bicyclic) bond motifs is 3. The minimum Gasteiger partial charge on any atom is -0.306 e. The second kappa shape index (κ2) is 6.40. The number of aryl methyl sites for hydroxylation is 2. The third kappa shape index (κ3) is 2.95. The molecule has 1 N–H and O–H groups in total. The highest BCUT2D eigenvalue weighted by molar-refractivity contribution is 7.18. The van der Waals surface area contributed by atoms with Gasteiger partial charge in [-0.2, -0.15) is 0 Å². The maximum Gasteiger partial charge on any atom is 0.270 e. The molecule has 1 aliphatic rings.